The zero-order valence-electron chi connectivity index (χ0n) is 18.4. The lowest BCUT2D eigenvalue weighted by atomic mass is 10.2. The Morgan fingerprint density at radius 2 is 0.743 bits per heavy atom. The largest absolute Gasteiger partial charge is 0.299 e. The van der Waals surface area contributed by atoms with Crippen molar-refractivity contribution < 1.29 is 0 Å². The van der Waals surface area contributed by atoms with Gasteiger partial charge in [0.2, 0.25) is 0 Å². The average Bonchev–Trinajstić information content (AvgIpc) is 3.55. The molecule has 0 N–H and O–H groups in total. The molecule has 0 bridgehead atoms. The highest BCUT2D eigenvalue weighted by Gasteiger charge is 2.25. The van der Waals surface area contributed by atoms with Gasteiger partial charge in [0.05, 0.1) is 22.1 Å². The number of nitriles is 2. The molecule has 162 valence electrons. The predicted octanol–water partition coefficient (Wildman–Crippen LogP) is 7.69. The SMILES string of the molecule is N#Cc1c(-n2c3ccccc3c3ccccc32)sc(-n2c3ccccc3c3ccccc32)c1C#N. The molecule has 0 spiro atoms. The van der Waals surface area contributed by atoms with Crippen LogP contribution in [0.2, 0.25) is 0 Å². The fourth-order valence-corrected chi connectivity index (χ4v) is 6.47. The first-order valence-corrected chi connectivity index (χ1v) is 12.1. The third-order valence-electron chi connectivity index (χ3n) is 6.66. The van der Waals surface area contributed by atoms with Gasteiger partial charge in [-0.3, -0.25) is 9.13 Å². The minimum Gasteiger partial charge on any atom is -0.299 e. The second-order valence-corrected chi connectivity index (χ2v) is 9.40. The van der Waals surface area contributed by atoms with Crippen LogP contribution in [0.15, 0.2) is 97.1 Å². The summed E-state index contributed by atoms with van der Waals surface area (Å²) >= 11 is 1.49. The minimum absolute atomic E-state index is 0.404. The molecule has 3 aromatic heterocycles. The van der Waals surface area contributed by atoms with E-state index < -0.39 is 0 Å². The number of aromatic nitrogens is 2. The van der Waals surface area contributed by atoms with Gasteiger partial charge in [-0.2, -0.15) is 10.5 Å². The van der Waals surface area contributed by atoms with Crippen molar-refractivity contribution in [2.45, 2.75) is 0 Å². The van der Waals surface area contributed by atoms with Gasteiger partial charge in [-0.15, -0.1) is 0 Å². The highest BCUT2D eigenvalue weighted by atomic mass is 32.1. The molecule has 0 aliphatic rings. The number of fused-ring (bicyclic) bond motifs is 6. The van der Waals surface area contributed by atoms with Crippen LogP contribution in [0, 0.1) is 22.7 Å². The van der Waals surface area contributed by atoms with E-state index in [1.54, 1.807) is 0 Å². The number of para-hydroxylation sites is 4. The molecule has 0 aliphatic carbocycles. The Morgan fingerprint density at radius 1 is 0.457 bits per heavy atom. The first-order chi connectivity index (χ1) is 17.3. The normalized spacial score (nSPS) is 11.4. The molecule has 5 heteroatoms. The van der Waals surface area contributed by atoms with Crippen LogP contribution in [-0.2, 0) is 0 Å². The second-order valence-electron chi connectivity index (χ2n) is 8.43. The van der Waals surface area contributed by atoms with Gasteiger partial charge >= 0.3 is 0 Å². The third kappa shape index (κ3) is 2.59. The second kappa shape index (κ2) is 7.33. The third-order valence-corrected chi connectivity index (χ3v) is 7.82. The number of thiophene rings is 1. The van der Waals surface area contributed by atoms with E-state index in [9.17, 15) is 10.5 Å². The smallest absolute Gasteiger partial charge is 0.122 e. The van der Waals surface area contributed by atoms with Crippen LogP contribution in [0.1, 0.15) is 11.1 Å². The van der Waals surface area contributed by atoms with Crippen molar-refractivity contribution in [3.63, 3.8) is 0 Å². The van der Waals surface area contributed by atoms with Gasteiger partial charge in [0.25, 0.3) is 0 Å². The molecule has 0 radical (unpaired) electrons. The molecule has 4 aromatic carbocycles. The molecular weight excluding hydrogens is 448 g/mol. The van der Waals surface area contributed by atoms with Crippen LogP contribution in [0.3, 0.4) is 0 Å². The van der Waals surface area contributed by atoms with Crippen LogP contribution < -0.4 is 0 Å². The maximum Gasteiger partial charge on any atom is 0.122 e. The van der Waals surface area contributed by atoms with E-state index in [2.05, 4.69) is 69.8 Å². The number of hydrogen-bond acceptors (Lipinski definition) is 3. The van der Waals surface area contributed by atoms with Crippen molar-refractivity contribution in [2.75, 3.05) is 0 Å². The van der Waals surface area contributed by atoms with E-state index in [0.29, 0.717) is 11.1 Å². The average molecular weight is 465 g/mol. The quantitative estimate of drug-likeness (QED) is 0.263. The molecular formula is C30H16N4S. The monoisotopic (exact) mass is 464 g/mol. The van der Waals surface area contributed by atoms with E-state index in [4.69, 9.17) is 0 Å². The van der Waals surface area contributed by atoms with E-state index in [-0.39, 0.29) is 0 Å². The van der Waals surface area contributed by atoms with Crippen LogP contribution in [-0.4, -0.2) is 9.13 Å². The Labute approximate surface area is 204 Å². The van der Waals surface area contributed by atoms with Crippen LogP contribution in [0.5, 0.6) is 0 Å². The lowest BCUT2D eigenvalue weighted by Gasteiger charge is -2.06. The van der Waals surface area contributed by atoms with Gasteiger partial charge in [-0.05, 0) is 24.3 Å². The molecule has 3 heterocycles. The number of hydrogen-bond donors (Lipinski definition) is 0. The van der Waals surface area contributed by atoms with Gasteiger partial charge in [0, 0.05) is 21.5 Å². The van der Waals surface area contributed by atoms with Gasteiger partial charge in [-0.25, -0.2) is 0 Å². The van der Waals surface area contributed by atoms with Crippen molar-refractivity contribution in [3.8, 4) is 22.1 Å². The summed E-state index contributed by atoms with van der Waals surface area (Å²) in [6.07, 6.45) is 0. The van der Waals surface area contributed by atoms with Crippen molar-refractivity contribution in [1.82, 2.24) is 9.13 Å². The summed E-state index contributed by atoms with van der Waals surface area (Å²) in [6, 6.07) is 37.6. The van der Waals surface area contributed by atoms with Crippen molar-refractivity contribution >= 4 is 54.9 Å². The maximum atomic E-state index is 10.3. The van der Waals surface area contributed by atoms with Crippen molar-refractivity contribution in [3.05, 3.63) is 108 Å². The Bertz CT molecular complexity index is 1790. The number of benzene rings is 4. The van der Waals surface area contributed by atoms with E-state index in [1.807, 2.05) is 48.5 Å². The molecule has 0 unspecified atom stereocenters. The Balaban J connectivity index is 1.65. The predicted molar refractivity (Wildman–Crippen MR) is 142 cm³/mol. The topological polar surface area (TPSA) is 57.4 Å². The zero-order chi connectivity index (χ0) is 23.5. The molecule has 0 amide bonds. The number of nitrogens with zero attached hydrogens (tertiary/aromatic N) is 4. The van der Waals surface area contributed by atoms with Gasteiger partial charge < -0.3 is 0 Å². The van der Waals surface area contributed by atoms with Gasteiger partial charge in [0.15, 0.2) is 0 Å². The molecule has 7 rings (SSSR count). The molecule has 7 aromatic rings. The Hall–Kier alpha value is -4.84. The molecule has 4 nitrogen and oxygen atoms in total. The molecule has 0 saturated heterocycles. The van der Waals surface area contributed by atoms with Crippen molar-refractivity contribution in [1.29, 1.82) is 10.5 Å². The number of rotatable bonds is 2. The lowest BCUT2D eigenvalue weighted by Crippen LogP contribution is -1.95. The summed E-state index contributed by atoms with van der Waals surface area (Å²) in [7, 11) is 0. The fraction of sp³-hybridized carbons (Fsp3) is 0. The van der Waals surface area contributed by atoms with Crippen LogP contribution in [0.4, 0.5) is 0 Å². The van der Waals surface area contributed by atoms with Crippen LogP contribution >= 0.6 is 11.3 Å². The molecule has 35 heavy (non-hydrogen) atoms. The summed E-state index contributed by atoms with van der Waals surface area (Å²) in [5.41, 5.74) is 4.88. The molecule has 0 aliphatic heterocycles. The first kappa shape index (κ1) is 19.6. The Kier molecular flexibility index (Phi) is 4.11. The standard InChI is InChI=1S/C30H16N4S/c31-17-23-24(18-32)30(34-27-15-7-3-11-21(27)22-12-4-8-16-28(22)34)35-29(23)33-25-13-5-1-9-19(25)20-10-2-6-14-26(20)33/h1-16H. The summed E-state index contributed by atoms with van der Waals surface area (Å²) in [5.74, 6) is 0. The summed E-state index contributed by atoms with van der Waals surface area (Å²) in [5, 5.41) is 26.6. The summed E-state index contributed by atoms with van der Waals surface area (Å²) in [6.45, 7) is 0. The van der Waals surface area contributed by atoms with Gasteiger partial charge in [-0.1, -0.05) is 84.1 Å². The van der Waals surface area contributed by atoms with Crippen LogP contribution in [0.25, 0.3) is 53.6 Å². The maximum absolute atomic E-state index is 10.3. The van der Waals surface area contributed by atoms with E-state index in [0.717, 1.165) is 53.6 Å². The fourth-order valence-electron chi connectivity index (χ4n) is 5.21. The van der Waals surface area contributed by atoms with Gasteiger partial charge in [0.1, 0.15) is 33.3 Å². The molecule has 0 saturated carbocycles. The molecule has 0 fully saturated rings. The summed E-state index contributed by atoms with van der Waals surface area (Å²) < 4.78 is 4.26. The lowest BCUT2D eigenvalue weighted by molar-refractivity contribution is 1.20. The summed E-state index contributed by atoms with van der Waals surface area (Å²) in [4.78, 5) is 0. The minimum atomic E-state index is 0.404. The molecule has 0 atom stereocenters. The van der Waals surface area contributed by atoms with E-state index in [1.165, 1.54) is 11.3 Å². The first-order valence-electron chi connectivity index (χ1n) is 11.3. The van der Waals surface area contributed by atoms with E-state index >= 15 is 0 Å². The highest BCUT2D eigenvalue weighted by molar-refractivity contribution is 7.17. The highest BCUT2D eigenvalue weighted by Crippen LogP contribution is 2.42. The zero-order valence-corrected chi connectivity index (χ0v) is 19.3. The Morgan fingerprint density at radius 3 is 1.03 bits per heavy atom. The van der Waals surface area contributed by atoms with Crippen molar-refractivity contribution in [2.24, 2.45) is 0 Å².